The summed E-state index contributed by atoms with van der Waals surface area (Å²) < 4.78 is 10.1. The van der Waals surface area contributed by atoms with Gasteiger partial charge in [-0.1, -0.05) is 30.3 Å². The van der Waals surface area contributed by atoms with Gasteiger partial charge in [0, 0.05) is 5.19 Å². The van der Waals surface area contributed by atoms with Crippen molar-refractivity contribution in [2.24, 2.45) is 14.0 Å². The average molecular weight is 231 g/mol. The Kier molecular flexibility index (Phi) is 3.97. The molecule has 0 saturated heterocycles. The lowest BCUT2D eigenvalue weighted by Gasteiger charge is -2.10. The third-order valence-electron chi connectivity index (χ3n) is 1.77. The molecule has 0 saturated carbocycles. The fourth-order valence-corrected chi connectivity index (χ4v) is 2.68. The average Bonchev–Trinajstić information content (AvgIpc) is 2.31. The summed E-state index contributed by atoms with van der Waals surface area (Å²) in [5.41, 5.74) is 0. The van der Waals surface area contributed by atoms with Crippen LogP contribution in [0.15, 0.2) is 44.3 Å². The Morgan fingerprint density at radius 1 is 0.812 bits per heavy atom. The van der Waals surface area contributed by atoms with Crippen molar-refractivity contribution < 1.29 is 14.4 Å². The van der Waals surface area contributed by atoms with Gasteiger partial charge in [0.25, 0.3) is 0 Å². The molecule has 0 aliphatic carbocycles. The molecular weight excluding hydrogens is 226 g/mol. The van der Waals surface area contributed by atoms with E-state index in [9.17, 15) is 14.4 Å². The maximum atomic E-state index is 10.3. The first kappa shape index (κ1) is 11.7. The maximum Gasteiger partial charge on any atom is 0.501 e. The van der Waals surface area contributed by atoms with Crippen LogP contribution in [0.4, 0.5) is 0 Å². The van der Waals surface area contributed by atoms with Crippen LogP contribution in [-0.4, -0.2) is 26.8 Å². The second-order valence-electron chi connectivity index (χ2n) is 2.61. The van der Waals surface area contributed by atoms with Gasteiger partial charge in [0.1, 0.15) is 0 Å². The molecule has 0 spiro atoms. The SMILES string of the molecule is O=C=N[Si](N=C=O)(N=C=O)c1ccccc1. The molecule has 1 aromatic rings. The van der Waals surface area contributed by atoms with Gasteiger partial charge in [0.15, 0.2) is 0 Å². The fourth-order valence-electron chi connectivity index (χ4n) is 1.12. The molecule has 0 bridgehead atoms. The second kappa shape index (κ2) is 5.46. The molecule has 0 N–H and O–H groups in total. The van der Waals surface area contributed by atoms with Crippen molar-refractivity contribution in [3.63, 3.8) is 0 Å². The molecule has 16 heavy (non-hydrogen) atoms. The third kappa shape index (κ3) is 2.33. The molecule has 0 aliphatic rings. The zero-order valence-electron chi connectivity index (χ0n) is 7.95. The van der Waals surface area contributed by atoms with E-state index in [2.05, 4.69) is 14.0 Å². The second-order valence-corrected chi connectivity index (χ2v) is 5.13. The first-order valence-electron chi connectivity index (χ1n) is 4.11. The summed E-state index contributed by atoms with van der Waals surface area (Å²) in [5, 5.41) is 0.407. The van der Waals surface area contributed by atoms with E-state index in [1.165, 1.54) is 18.2 Å². The Bertz CT molecular complexity index is 467. The van der Waals surface area contributed by atoms with Crippen molar-refractivity contribution in [1.82, 2.24) is 0 Å². The lowest BCUT2D eigenvalue weighted by molar-refractivity contribution is 0.565. The minimum absolute atomic E-state index is 0.407. The Balaban J connectivity index is 3.49. The number of nitrogens with zero attached hydrogens (tertiary/aromatic N) is 3. The quantitative estimate of drug-likeness (QED) is 0.409. The highest BCUT2D eigenvalue weighted by Crippen LogP contribution is 2.07. The van der Waals surface area contributed by atoms with Gasteiger partial charge >= 0.3 is 8.56 Å². The van der Waals surface area contributed by atoms with E-state index in [-0.39, 0.29) is 0 Å². The lowest BCUT2D eigenvalue weighted by Crippen LogP contribution is -2.43. The smallest absolute Gasteiger partial charge is 0.212 e. The number of rotatable bonds is 4. The highest BCUT2D eigenvalue weighted by atomic mass is 28.4. The number of hydrogen-bond acceptors (Lipinski definition) is 6. The molecule has 0 amide bonds. The van der Waals surface area contributed by atoms with Crippen molar-refractivity contribution in [2.45, 2.75) is 0 Å². The molecule has 0 atom stereocenters. The lowest BCUT2D eigenvalue weighted by atomic mass is 10.4. The van der Waals surface area contributed by atoms with Gasteiger partial charge in [-0.2, -0.15) is 14.0 Å². The number of benzene rings is 1. The molecule has 0 aliphatic heterocycles. The maximum absolute atomic E-state index is 10.3. The van der Waals surface area contributed by atoms with Crippen molar-refractivity contribution >= 4 is 32.0 Å². The molecular formula is C9H5N3O3Si. The van der Waals surface area contributed by atoms with E-state index in [1.54, 1.807) is 30.3 Å². The first-order valence-corrected chi connectivity index (χ1v) is 5.96. The van der Waals surface area contributed by atoms with E-state index in [0.29, 0.717) is 5.19 Å². The van der Waals surface area contributed by atoms with Crippen LogP contribution in [-0.2, 0) is 14.4 Å². The van der Waals surface area contributed by atoms with Gasteiger partial charge in [-0.15, -0.1) is 0 Å². The minimum Gasteiger partial charge on any atom is -0.212 e. The zero-order chi connectivity index (χ0) is 11.9. The molecule has 0 heterocycles. The van der Waals surface area contributed by atoms with Crippen molar-refractivity contribution in [3.05, 3.63) is 30.3 Å². The molecule has 7 heteroatoms. The minimum atomic E-state index is -3.57. The van der Waals surface area contributed by atoms with Crippen LogP contribution >= 0.6 is 0 Å². The van der Waals surface area contributed by atoms with E-state index in [0.717, 1.165) is 0 Å². The molecule has 0 radical (unpaired) electrons. The number of hydrogen-bond donors (Lipinski definition) is 0. The van der Waals surface area contributed by atoms with Crippen LogP contribution in [0.5, 0.6) is 0 Å². The van der Waals surface area contributed by atoms with Gasteiger partial charge < -0.3 is 0 Å². The molecule has 0 aromatic heterocycles. The third-order valence-corrected chi connectivity index (χ3v) is 4.08. The molecule has 1 aromatic carbocycles. The van der Waals surface area contributed by atoms with Crippen LogP contribution in [0.2, 0.25) is 0 Å². The van der Waals surface area contributed by atoms with E-state index in [1.807, 2.05) is 0 Å². The van der Waals surface area contributed by atoms with Gasteiger partial charge in [0.2, 0.25) is 18.2 Å². The van der Waals surface area contributed by atoms with Gasteiger partial charge in [-0.05, 0) is 0 Å². The predicted octanol–water partition coefficient (Wildman–Crippen LogP) is -0.160. The van der Waals surface area contributed by atoms with Crippen LogP contribution < -0.4 is 5.19 Å². The molecule has 1 rings (SSSR count). The Morgan fingerprint density at radius 2 is 1.25 bits per heavy atom. The highest BCUT2D eigenvalue weighted by molar-refractivity contribution is 6.88. The summed E-state index contributed by atoms with van der Waals surface area (Å²) in [6, 6.07) is 8.15. The Labute approximate surface area is 91.3 Å². The van der Waals surface area contributed by atoms with Crippen LogP contribution in [0.3, 0.4) is 0 Å². The van der Waals surface area contributed by atoms with E-state index < -0.39 is 8.56 Å². The fraction of sp³-hybridized carbons (Fsp3) is 0. The van der Waals surface area contributed by atoms with Gasteiger partial charge in [0.05, 0.1) is 0 Å². The summed E-state index contributed by atoms with van der Waals surface area (Å²) in [7, 11) is -3.57. The topological polar surface area (TPSA) is 88.3 Å². The van der Waals surface area contributed by atoms with Gasteiger partial charge in [-0.25, -0.2) is 14.4 Å². The number of isocyanates is 3. The van der Waals surface area contributed by atoms with Crippen molar-refractivity contribution in [1.29, 1.82) is 0 Å². The summed E-state index contributed by atoms with van der Waals surface area (Å²) in [6.45, 7) is 0. The predicted molar refractivity (Wildman–Crippen MR) is 56.2 cm³/mol. The van der Waals surface area contributed by atoms with E-state index >= 15 is 0 Å². The van der Waals surface area contributed by atoms with Crippen LogP contribution in [0.1, 0.15) is 0 Å². The standard InChI is InChI=1S/C9H5N3O3Si/c13-6-10-16(11-7-14,12-8-15)9-4-2-1-3-5-9/h1-5H. The summed E-state index contributed by atoms with van der Waals surface area (Å²) in [4.78, 5) is 30.9. The van der Waals surface area contributed by atoms with Crippen molar-refractivity contribution in [2.75, 3.05) is 0 Å². The van der Waals surface area contributed by atoms with Crippen LogP contribution in [0.25, 0.3) is 0 Å². The number of carbonyl (C=O) groups excluding carboxylic acids is 3. The molecule has 6 nitrogen and oxygen atoms in total. The zero-order valence-corrected chi connectivity index (χ0v) is 8.95. The Morgan fingerprint density at radius 3 is 1.62 bits per heavy atom. The normalized spacial score (nSPS) is 12.2. The van der Waals surface area contributed by atoms with Gasteiger partial charge in [-0.3, -0.25) is 0 Å². The largest absolute Gasteiger partial charge is 0.501 e. The van der Waals surface area contributed by atoms with Crippen LogP contribution in [0, 0.1) is 0 Å². The monoisotopic (exact) mass is 231 g/mol. The summed E-state index contributed by atoms with van der Waals surface area (Å²) in [5.74, 6) is 0. The Hall–Kier alpha value is -2.42. The molecule has 0 fully saturated rings. The summed E-state index contributed by atoms with van der Waals surface area (Å²) >= 11 is 0. The molecule has 78 valence electrons. The molecule has 0 unspecified atom stereocenters. The highest BCUT2D eigenvalue weighted by Gasteiger charge is 2.38. The van der Waals surface area contributed by atoms with Crippen molar-refractivity contribution in [3.8, 4) is 0 Å². The van der Waals surface area contributed by atoms with E-state index in [4.69, 9.17) is 0 Å². The summed E-state index contributed by atoms with van der Waals surface area (Å²) in [6.07, 6.45) is 3.80. The first-order chi connectivity index (χ1) is 7.79.